The van der Waals surface area contributed by atoms with E-state index in [9.17, 15) is 26.4 Å². The molecule has 0 radical (unpaired) electrons. The number of ether oxygens (including phenoxy) is 1. The number of alkyl halides is 3. The van der Waals surface area contributed by atoms with Crippen molar-refractivity contribution in [3.05, 3.63) is 137 Å². The van der Waals surface area contributed by atoms with Crippen molar-refractivity contribution in [2.75, 3.05) is 6.61 Å². The smallest absolute Gasteiger partial charge is 0.466 e. The maximum Gasteiger partial charge on any atom is 0.534 e. The molecule has 0 aliphatic carbocycles. The van der Waals surface area contributed by atoms with Crippen LogP contribution in [-0.2, 0) is 36.9 Å². The summed E-state index contributed by atoms with van der Waals surface area (Å²) in [5, 5.41) is 0. The number of nitrogens with zero attached hydrogens (tertiary/aromatic N) is 2. The number of carbonyl (C=O) groups is 1. The first kappa shape index (κ1) is 42.4. The van der Waals surface area contributed by atoms with Crippen LogP contribution in [0.1, 0.15) is 101 Å². The molecule has 2 aliphatic rings. The van der Waals surface area contributed by atoms with Crippen molar-refractivity contribution in [3.63, 3.8) is 0 Å². The molecular weight excluding hydrogens is 738 g/mol. The monoisotopic (exact) mass is 788 g/mol. The summed E-state index contributed by atoms with van der Waals surface area (Å²) in [6.45, 7) is 10.8. The summed E-state index contributed by atoms with van der Waals surface area (Å²) in [4.78, 5) is 21.3. The summed E-state index contributed by atoms with van der Waals surface area (Å²) in [6, 6.07) is 35.6. The number of carbonyl (C=O) groups excluding carboxylic acids is 1. The molecule has 2 aliphatic heterocycles. The Labute approximate surface area is 329 Å². The minimum atomic E-state index is -5.70. The topological polar surface area (TPSA) is 94.4 Å². The Morgan fingerprint density at radius 3 is 1.54 bits per heavy atom. The fraction of sp³-hybridized carbons (Fsp3) is 0.400. The van der Waals surface area contributed by atoms with Crippen molar-refractivity contribution < 1.29 is 35.3 Å². The number of esters is 1. The molecule has 0 saturated carbocycles. The van der Waals surface area contributed by atoms with E-state index in [-0.39, 0.29) is 23.2 Å². The molecule has 4 atom stereocenters. The third-order valence-corrected chi connectivity index (χ3v) is 11.6. The SMILES string of the molecule is CCC1=NC(C)CC1(c1ccccc1)c1ccc(OS(=O)(=O)C(F)(F)F)cc1.CCOC(=O)CCCc1ccc(C2(c3ccccc3)CC(C)N=C2CC)cc1. The molecule has 0 N–H and O–H groups in total. The molecule has 56 heavy (non-hydrogen) atoms. The van der Waals surface area contributed by atoms with Crippen LogP contribution in [0.2, 0.25) is 0 Å². The zero-order chi connectivity index (χ0) is 40.6. The van der Waals surface area contributed by atoms with E-state index in [0.717, 1.165) is 55.4 Å². The Kier molecular flexibility index (Phi) is 13.6. The van der Waals surface area contributed by atoms with Crippen molar-refractivity contribution in [1.29, 1.82) is 0 Å². The van der Waals surface area contributed by atoms with Gasteiger partial charge in [0.05, 0.1) is 17.4 Å². The number of benzene rings is 4. The third-order valence-electron chi connectivity index (χ3n) is 10.6. The molecule has 4 aromatic rings. The molecule has 11 heteroatoms. The molecule has 2 heterocycles. The standard InChI is InChI=1S/C25H31NO2.C20H20F3NO3S/c1-4-23-25(18-19(3)26-23,21-11-7-6-8-12-21)22-16-14-20(15-17-22)10-9-13-24(27)28-5-2;1-3-18-19(13-14(2)24-18,15-7-5-4-6-8-15)16-9-11-17(12-10-16)27-28(25,26)20(21,22)23/h6-8,11-12,14-17,19H,4-5,9-10,13,18H2,1-3H3;4-12,14H,3,13H2,1-2H3. The van der Waals surface area contributed by atoms with Gasteiger partial charge in [-0.3, -0.25) is 14.8 Å². The fourth-order valence-corrected chi connectivity index (χ4v) is 8.72. The Bertz CT molecular complexity index is 2090. The molecule has 0 aromatic heterocycles. The summed E-state index contributed by atoms with van der Waals surface area (Å²) in [5.74, 6) is -0.490. The molecule has 4 aromatic carbocycles. The molecule has 0 amide bonds. The number of hydrogen-bond donors (Lipinski definition) is 0. The summed E-state index contributed by atoms with van der Waals surface area (Å²) in [5.41, 5.74) is 1.95. The maximum atomic E-state index is 12.5. The second-order valence-corrected chi connectivity index (χ2v) is 15.9. The van der Waals surface area contributed by atoms with Crippen LogP contribution >= 0.6 is 0 Å². The van der Waals surface area contributed by atoms with Crippen molar-refractivity contribution in [1.82, 2.24) is 0 Å². The van der Waals surface area contributed by atoms with Crippen LogP contribution in [0.4, 0.5) is 13.2 Å². The number of hydrogen-bond acceptors (Lipinski definition) is 7. The summed E-state index contributed by atoms with van der Waals surface area (Å²) in [6.07, 6.45) is 5.61. The average Bonchev–Trinajstić information content (AvgIpc) is 3.72. The van der Waals surface area contributed by atoms with Gasteiger partial charge < -0.3 is 8.92 Å². The predicted octanol–water partition coefficient (Wildman–Crippen LogP) is 10.3. The van der Waals surface area contributed by atoms with E-state index in [2.05, 4.69) is 72.6 Å². The lowest BCUT2D eigenvalue weighted by Crippen LogP contribution is -2.34. The molecule has 6 rings (SSSR count). The highest BCUT2D eigenvalue weighted by Crippen LogP contribution is 2.45. The maximum absolute atomic E-state index is 12.5. The molecule has 298 valence electrons. The van der Waals surface area contributed by atoms with Gasteiger partial charge in [-0.25, -0.2) is 0 Å². The zero-order valence-electron chi connectivity index (χ0n) is 32.7. The van der Waals surface area contributed by atoms with Crippen LogP contribution in [-0.4, -0.2) is 50.0 Å². The molecule has 7 nitrogen and oxygen atoms in total. The molecule has 0 saturated heterocycles. The molecule has 0 bridgehead atoms. The fourth-order valence-electron chi connectivity index (χ4n) is 8.26. The number of rotatable bonds is 13. The highest BCUT2D eigenvalue weighted by molar-refractivity contribution is 7.88. The van der Waals surface area contributed by atoms with Gasteiger partial charge >= 0.3 is 21.6 Å². The average molecular weight is 789 g/mol. The van der Waals surface area contributed by atoms with Gasteiger partial charge in [0.15, 0.2) is 0 Å². The van der Waals surface area contributed by atoms with Crippen molar-refractivity contribution >= 4 is 27.5 Å². The predicted molar refractivity (Wildman–Crippen MR) is 216 cm³/mol. The minimum Gasteiger partial charge on any atom is -0.466 e. The first-order valence-corrected chi connectivity index (χ1v) is 20.7. The van der Waals surface area contributed by atoms with Crippen LogP contribution in [0.3, 0.4) is 0 Å². The quantitative estimate of drug-likeness (QED) is 0.0764. The molecule has 4 unspecified atom stereocenters. The molecule has 0 fully saturated rings. The molecule has 0 spiro atoms. The highest BCUT2D eigenvalue weighted by Gasteiger charge is 2.49. The van der Waals surface area contributed by atoms with Crippen molar-refractivity contribution in [2.24, 2.45) is 9.98 Å². The third kappa shape index (κ3) is 9.09. The number of aryl methyl sites for hydroxylation is 1. The van der Waals surface area contributed by atoms with Gasteiger partial charge in [-0.15, -0.1) is 0 Å². The lowest BCUT2D eigenvalue weighted by Gasteiger charge is -2.33. The van der Waals surface area contributed by atoms with Gasteiger partial charge in [-0.05, 0) is 99.2 Å². The zero-order valence-corrected chi connectivity index (χ0v) is 33.5. The van der Waals surface area contributed by atoms with Crippen LogP contribution < -0.4 is 4.18 Å². The highest BCUT2D eigenvalue weighted by atomic mass is 32.2. The Morgan fingerprint density at radius 2 is 1.12 bits per heavy atom. The van der Waals surface area contributed by atoms with Gasteiger partial charge in [0.25, 0.3) is 0 Å². The van der Waals surface area contributed by atoms with Gasteiger partial charge in [0, 0.05) is 29.9 Å². The number of aliphatic imine (C=N–C) groups is 2. The summed E-state index contributed by atoms with van der Waals surface area (Å²) >= 11 is 0. The van der Waals surface area contributed by atoms with Crippen LogP contribution in [0.15, 0.2) is 119 Å². The largest absolute Gasteiger partial charge is 0.534 e. The van der Waals surface area contributed by atoms with E-state index in [1.165, 1.54) is 34.5 Å². The van der Waals surface area contributed by atoms with Gasteiger partial charge in [-0.1, -0.05) is 111 Å². The van der Waals surface area contributed by atoms with Gasteiger partial charge in [0.2, 0.25) is 0 Å². The molecular formula is C45H51F3N2O5S. The van der Waals surface area contributed by atoms with E-state index in [1.807, 2.05) is 51.1 Å². The second kappa shape index (κ2) is 18.0. The van der Waals surface area contributed by atoms with Gasteiger partial charge in [0.1, 0.15) is 5.75 Å². The summed E-state index contributed by atoms with van der Waals surface area (Å²) in [7, 11) is -5.70. The minimum absolute atomic E-state index is 0.0942. The second-order valence-electron chi connectivity index (χ2n) is 14.4. The van der Waals surface area contributed by atoms with E-state index in [4.69, 9.17) is 14.7 Å². The van der Waals surface area contributed by atoms with E-state index >= 15 is 0 Å². The Balaban J connectivity index is 0.000000214. The van der Waals surface area contributed by atoms with E-state index in [0.29, 0.717) is 19.1 Å². The first-order valence-electron chi connectivity index (χ1n) is 19.3. The van der Waals surface area contributed by atoms with E-state index < -0.39 is 21.0 Å². The van der Waals surface area contributed by atoms with Gasteiger partial charge in [-0.2, -0.15) is 21.6 Å². The first-order chi connectivity index (χ1) is 26.7. The normalized spacial score (nSPS) is 22.1. The van der Waals surface area contributed by atoms with Crippen LogP contribution in [0.25, 0.3) is 0 Å². The van der Waals surface area contributed by atoms with Crippen molar-refractivity contribution in [3.8, 4) is 5.75 Å². The van der Waals surface area contributed by atoms with Crippen molar-refractivity contribution in [2.45, 2.75) is 108 Å². The van der Waals surface area contributed by atoms with Crippen LogP contribution in [0, 0.1) is 0 Å². The lowest BCUT2D eigenvalue weighted by molar-refractivity contribution is -0.143. The number of halogens is 3. The van der Waals surface area contributed by atoms with E-state index in [1.54, 1.807) is 12.1 Å². The Morgan fingerprint density at radius 1 is 0.696 bits per heavy atom. The summed E-state index contributed by atoms with van der Waals surface area (Å²) < 4.78 is 69.3. The Hall–Kier alpha value is -4.77. The van der Waals surface area contributed by atoms with Crippen LogP contribution in [0.5, 0.6) is 5.75 Å². The lowest BCUT2D eigenvalue weighted by atomic mass is 9.68.